The lowest BCUT2D eigenvalue weighted by atomic mass is 10.0. The summed E-state index contributed by atoms with van der Waals surface area (Å²) in [5.74, 6) is 1.19. The van der Waals surface area contributed by atoms with Crippen molar-refractivity contribution in [1.82, 2.24) is 15.1 Å². The van der Waals surface area contributed by atoms with E-state index in [0.717, 1.165) is 29.5 Å². The Kier molecular flexibility index (Phi) is 5.67. The van der Waals surface area contributed by atoms with E-state index in [-0.39, 0.29) is 0 Å². The Morgan fingerprint density at radius 2 is 1.78 bits per heavy atom. The zero-order chi connectivity index (χ0) is 13.9. The maximum atomic E-state index is 6.23. The maximum absolute atomic E-state index is 6.23. The summed E-state index contributed by atoms with van der Waals surface area (Å²) in [7, 11) is 0. The van der Waals surface area contributed by atoms with Gasteiger partial charge in [-0.3, -0.25) is 4.68 Å². The standard InChI is InChI=1S/C14H26ClN3/c1-9(2)7-16-8-13(10(3)4)18-12(6)14(15)11(5)17-18/h9-10,13,16H,7-8H2,1-6H3. The van der Waals surface area contributed by atoms with Crippen LogP contribution >= 0.6 is 11.6 Å². The summed E-state index contributed by atoms with van der Waals surface area (Å²) >= 11 is 6.23. The smallest absolute Gasteiger partial charge is 0.0844 e. The lowest BCUT2D eigenvalue weighted by Crippen LogP contribution is -2.32. The minimum atomic E-state index is 0.356. The Hall–Kier alpha value is -0.540. The van der Waals surface area contributed by atoms with Gasteiger partial charge in [-0.25, -0.2) is 0 Å². The molecule has 18 heavy (non-hydrogen) atoms. The first kappa shape index (κ1) is 15.5. The van der Waals surface area contributed by atoms with Gasteiger partial charge in [0, 0.05) is 6.54 Å². The molecule has 104 valence electrons. The molecule has 1 atom stereocenters. The summed E-state index contributed by atoms with van der Waals surface area (Å²) in [6.45, 7) is 14.9. The first-order valence-electron chi connectivity index (χ1n) is 6.76. The highest BCUT2D eigenvalue weighted by molar-refractivity contribution is 6.31. The Morgan fingerprint density at radius 3 is 2.17 bits per heavy atom. The van der Waals surface area contributed by atoms with E-state index in [1.807, 2.05) is 13.8 Å². The van der Waals surface area contributed by atoms with Crippen molar-refractivity contribution >= 4 is 11.6 Å². The molecule has 1 aromatic heterocycles. The van der Waals surface area contributed by atoms with Crippen LogP contribution in [0.15, 0.2) is 0 Å². The van der Waals surface area contributed by atoms with E-state index in [1.165, 1.54) is 0 Å². The van der Waals surface area contributed by atoms with Crippen molar-refractivity contribution in [2.45, 2.75) is 47.6 Å². The van der Waals surface area contributed by atoms with Crippen molar-refractivity contribution in [3.05, 3.63) is 16.4 Å². The normalized spacial score (nSPS) is 13.6. The van der Waals surface area contributed by atoms with Gasteiger partial charge >= 0.3 is 0 Å². The molecule has 0 radical (unpaired) electrons. The fourth-order valence-electron chi connectivity index (χ4n) is 2.09. The topological polar surface area (TPSA) is 29.9 Å². The molecule has 1 rings (SSSR count). The van der Waals surface area contributed by atoms with E-state index in [2.05, 4.69) is 42.8 Å². The fraction of sp³-hybridized carbons (Fsp3) is 0.786. The Balaban J connectivity index is 2.81. The number of nitrogens with one attached hydrogen (secondary N) is 1. The van der Waals surface area contributed by atoms with Crippen LogP contribution in [0.1, 0.15) is 45.1 Å². The van der Waals surface area contributed by atoms with Gasteiger partial charge in [-0.15, -0.1) is 0 Å². The summed E-state index contributed by atoms with van der Waals surface area (Å²) in [4.78, 5) is 0. The molecule has 0 fully saturated rings. The molecule has 1 heterocycles. The minimum absolute atomic E-state index is 0.356. The summed E-state index contributed by atoms with van der Waals surface area (Å²) in [5.41, 5.74) is 1.99. The van der Waals surface area contributed by atoms with E-state index in [0.29, 0.717) is 17.9 Å². The minimum Gasteiger partial charge on any atom is -0.314 e. The van der Waals surface area contributed by atoms with E-state index < -0.39 is 0 Å². The van der Waals surface area contributed by atoms with Crippen molar-refractivity contribution in [2.75, 3.05) is 13.1 Å². The number of aryl methyl sites for hydroxylation is 1. The molecule has 0 bridgehead atoms. The van der Waals surface area contributed by atoms with Crippen molar-refractivity contribution in [3.8, 4) is 0 Å². The van der Waals surface area contributed by atoms with Gasteiger partial charge < -0.3 is 5.32 Å². The molecular weight excluding hydrogens is 246 g/mol. The SMILES string of the molecule is Cc1nn(C(CNCC(C)C)C(C)C)c(C)c1Cl. The van der Waals surface area contributed by atoms with Gasteiger partial charge in [-0.1, -0.05) is 39.3 Å². The largest absolute Gasteiger partial charge is 0.314 e. The second-order valence-corrected chi connectivity index (χ2v) is 6.17. The summed E-state index contributed by atoms with van der Waals surface area (Å²) < 4.78 is 2.08. The molecule has 1 aromatic rings. The van der Waals surface area contributed by atoms with Crippen LogP contribution in [0, 0.1) is 25.7 Å². The van der Waals surface area contributed by atoms with E-state index in [4.69, 9.17) is 11.6 Å². The molecule has 0 aliphatic rings. The lowest BCUT2D eigenvalue weighted by Gasteiger charge is -2.24. The van der Waals surface area contributed by atoms with Crippen molar-refractivity contribution in [2.24, 2.45) is 11.8 Å². The van der Waals surface area contributed by atoms with Crippen LogP contribution in [0.2, 0.25) is 5.02 Å². The van der Waals surface area contributed by atoms with E-state index in [9.17, 15) is 0 Å². The van der Waals surface area contributed by atoms with Crippen LogP contribution in [0.25, 0.3) is 0 Å². The lowest BCUT2D eigenvalue weighted by molar-refractivity contribution is 0.319. The highest BCUT2D eigenvalue weighted by Crippen LogP contribution is 2.25. The summed E-state index contributed by atoms with van der Waals surface area (Å²) in [6.07, 6.45) is 0. The molecule has 0 aromatic carbocycles. The fourth-order valence-corrected chi connectivity index (χ4v) is 2.21. The molecule has 0 aliphatic carbocycles. The molecule has 4 heteroatoms. The molecular formula is C14H26ClN3. The number of aromatic nitrogens is 2. The van der Waals surface area contributed by atoms with Gasteiger partial charge in [0.2, 0.25) is 0 Å². The van der Waals surface area contributed by atoms with Crippen molar-refractivity contribution in [1.29, 1.82) is 0 Å². The number of hydrogen-bond donors (Lipinski definition) is 1. The van der Waals surface area contributed by atoms with Gasteiger partial charge in [0.15, 0.2) is 0 Å². The molecule has 1 unspecified atom stereocenters. The van der Waals surface area contributed by atoms with Crippen LogP contribution < -0.4 is 5.32 Å². The monoisotopic (exact) mass is 271 g/mol. The van der Waals surface area contributed by atoms with Crippen molar-refractivity contribution < 1.29 is 0 Å². The number of nitrogens with zero attached hydrogens (tertiary/aromatic N) is 2. The zero-order valence-electron chi connectivity index (χ0n) is 12.4. The van der Waals surface area contributed by atoms with Gasteiger partial charge in [-0.05, 0) is 32.2 Å². The van der Waals surface area contributed by atoms with Gasteiger partial charge in [0.05, 0.1) is 22.5 Å². The van der Waals surface area contributed by atoms with Crippen molar-refractivity contribution in [3.63, 3.8) is 0 Å². The summed E-state index contributed by atoms with van der Waals surface area (Å²) in [5, 5.41) is 8.89. The quantitative estimate of drug-likeness (QED) is 0.857. The number of rotatable bonds is 6. The van der Waals surface area contributed by atoms with Crippen LogP contribution in [0.3, 0.4) is 0 Å². The highest BCUT2D eigenvalue weighted by atomic mass is 35.5. The van der Waals surface area contributed by atoms with E-state index >= 15 is 0 Å². The second-order valence-electron chi connectivity index (χ2n) is 5.79. The molecule has 3 nitrogen and oxygen atoms in total. The van der Waals surface area contributed by atoms with E-state index in [1.54, 1.807) is 0 Å². The Morgan fingerprint density at radius 1 is 1.17 bits per heavy atom. The second kappa shape index (κ2) is 6.58. The van der Waals surface area contributed by atoms with Crippen LogP contribution in [-0.4, -0.2) is 22.9 Å². The van der Waals surface area contributed by atoms with Gasteiger partial charge in [0.1, 0.15) is 0 Å². The number of halogens is 1. The maximum Gasteiger partial charge on any atom is 0.0844 e. The average molecular weight is 272 g/mol. The molecule has 0 aliphatic heterocycles. The summed E-state index contributed by atoms with van der Waals surface area (Å²) in [6, 6.07) is 0.356. The third-order valence-corrected chi connectivity index (χ3v) is 3.77. The third-order valence-electron chi connectivity index (χ3n) is 3.23. The predicted molar refractivity (Wildman–Crippen MR) is 78.3 cm³/mol. The third kappa shape index (κ3) is 3.72. The van der Waals surface area contributed by atoms with Crippen LogP contribution in [0.5, 0.6) is 0 Å². The first-order chi connectivity index (χ1) is 8.34. The number of hydrogen-bond acceptors (Lipinski definition) is 2. The van der Waals surface area contributed by atoms with Crippen LogP contribution in [0.4, 0.5) is 0 Å². The predicted octanol–water partition coefficient (Wildman–Crippen LogP) is 3.60. The average Bonchev–Trinajstić information content (AvgIpc) is 2.51. The molecule has 0 saturated carbocycles. The zero-order valence-corrected chi connectivity index (χ0v) is 13.2. The van der Waals surface area contributed by atoms with Crippen LogP contribution in [-0.2, 0) is 0 Å². The Labute approximate surface area is 116 Å². The van der Waals surface area contributed by atoms with Gasteiger partial charge in [0.25, 0.3) is 0 Å². The molecule has 1 N–H and O–H groups in total. The highest BCUT2D eigenvalue weighted by Gasteiger charge is 2.20. The first-order valence-corrected chi connectivity index (χ1v) is 7.14. The Bertz CT molecular complexity index is 383. The molecule has 0 saturated heterocycles. The van der Waals surface area contributed by atoms with Gasteiger partial charge in [-0.2, -0.15) is 5.10 Å². The molecule has 0 amide bonds. The molecule has 0 spiro atoms.